The van der Waals surface area contributed by atoms with Gasteiger partial charge in [-0.3, -0.25) is 5.10 Å². The van der Waals surface area contributed by atoms with E-state index >= 15 is 0 Å². The predicted octanol–water partition coefficient (Wildman–Crippen LogP) is 5.49. The maximum Gasteiger partial charge on any atom is 0.151 e. The lowest BCUT2D eigenvalue weighted by Gasteiger charge is -2.49. The molecule has 32 heavy (non-hydrogen) atoms. The number of piperidine rings is 1. The Bertz CT molecular complexity index is 1210. The molecule has 0 atom stereocenters. The summed E-state index contributed by atoms with van der Waals surface area (Å²) in [4.78, 5) is 2.30. The Morgan fingerprint density at radius 1 is 0.969 bits per heavy atom. The molecule has 1 saturated heterocycles. The van der Waals surface area contributed by atoms with Crippen LogP contribution in [0.15, 0.2) is 48.1 Å². The summed E-state index contributed by atoms with van der Waals surface area (Å²) in [7, 11) is 2.14. The largest absolute Gasteiger partial charge is 0.355 e. The highest BCUT2D eigenvalue weighted by molar-refractivity contribution is 7.17. The number of thiophene rings is 1. The van der Waals surface area contributed by atoms with E-state index in [9.17, 15) is 0 Å². The summed E-state index contributed by atoms with van der Waals surface area (Å²) in [6.45, 7) is 9.12. The SMILES string of the molecule is CN(c1ccc(-c2ccc(-c3cn[nH]c3)c3ccsc23)nn1)C1CC(C)(C)NC(C)(C)C1. The topological polar surface area (TPSA) is 69.7 Å². The van der Waals surface area contributed by atoms with Crippen LogP contribution in [0.25, 0.3) is 32.5 Å². The fraction of sp³-hybridized carbons (Fsp3) is 0.400. The highest BCUT2D eigenvalue weighted by atomic mass is 32.1. The Labute approximate surface area is 193 Å². The lowest BCUT2D eigenvalue weighted by molar-refractivity contribution is 0.160. The molecule has 5 rings (SSSR count). The summed E-state index contributed by atoms with van der Waals surface area (Å²) >= 11 is 1.74. The Morgan fingerprint density at radius 2 is 1.72 bits per heavy atom. The van der Waals surface area contributed by atoms with Crippen LogP contribution in [0.3, 0.4) is 0 Å². The van der Waals surface area contributed by atoms with Gasteiger partial charge in [-0.05, 0) is 69.7 Å². The summed E-state index contributed by atoms with van der Waals surface area (Å²) in [5, 5.41) is 23.4. The van der Waals surface area contributed by atoms with E-state index in [0.29, 0.717) is 6.04 Å². The van der Waals surface area contributed by atoms with E-state index in [0.717, 1.165) is 35.5 Å². The first-order chi connectivity index (χ1) is 15.2. The average molecular weight is 447 g/mol. The maximum absolute atomic E-state index is 4.64. The number of benzene rings is 1. The number of nitrogens with one attached hydrogen (secondary N) is 2. The van der Waals surface area contributed by atoms with Crippen molar-refractivity contribution in [2.75, 3.05) is 11.9 Å². The van der Waals surface area contributed by atoms with Crippen LogP contribution in [-0.4, -0.2) is 44.6 Å². The molecule has 1 aliphatic heterocycles. The zero-order valence-corrected chi connectivity index (χ0v) is 20.1. The van der Waals surface area contributed by atoms with E-state index in [1.54, 1.807) is 11.3 Å². The number of nitrogens with zero attached hydrogens (tertiary/aromatic N) is 4. The van der Waals surface area contributed by atoms with Gasteiger partial charge >= 0.3 is 0 Å². The Hall–Kier alpha value is -2.77. The van der Waals surface area contributed by atoms with Crippen LogP contribution in [0.2, 0.25) is 0 Å². The van der Waals surface area contributed by atoms with Gasteiger partial charge in [0, 0.05) is 51.6 Å². The third kappa shape index (κ3) is 3.91. The second-order valence-corrected chi connectivity index (χ2v) is 11.1. The second kappa shape index (κ2) is 7.67. The smallest absolute Gasteiger partial charge is 0.151 e. The number of aromatic nitrogens is 4. The van der Waals surface area contributed by atoms with Gasteiger partial charge in [-0.1, -0.05) is 12.1 Å². The fourth-order valence-corrected chi connectivity index (χ4v) is 6.24. The molecule has 2 N–H and O–H groups in total. The maximum atomic E-state index is 4.64. The van der Waals surface area contributed by atoms with Gasteiger partial charge < -0.3 is 10.2 Å². The number of fused-ring (bicyclic) bond motifs is 1. The standard InChI is InChI=1S/C25H30N6S/c1-24(2)12-17(13-25(3,4)30-24)31(5)22-9-8-21(28-29-22)20-7-6-18(16-14-26-27-15-16)19-10-11-32-23(19)20/h6-11,14-15,17,30H,12-13H2,1-5H3,(H,26,27). The van der Waals surface area contributed by atoms with Crippen molar-refractivity contribution in [2.24, 2.45) is 0 Å². The van der Waals surface area contributed by atoms with E-state index in [4.69, 9.17) is 0 Å². The van der Waals surface area contributed by atoms with Gasteiger partial charge in [0.05, 0.1) is 11.9 Å². The van der Waals surface area contributed by atoms with Crippen LogP contribution in [0.4, 0.5) is 5.82 Å². The summed E-state index contributed by atoms with van der Waals surface area (Å²) in [5.74, 6) is 0.921. The van der Waals surface area contributed by atoms with E-state index < -0.39 is 0 Å². The molecule has 4 aromatic rings. The molecule has 0 amide bonds. The summed E-state index contributed by atoms with van der Waals surface area (Å²) < 4.78 is 1.22. The van der Waals surface area contributed by atoms with Crippen LogP contribution in [0.1, 0.15) is 40.5 Å². The van der Waals surface area contributed by atoms with E-state index in [1.165, 1.54) is 15.6 Å². The highest BCUT2D eigenvalue weighted by Crippen LogP contribution is 2.38. The first-order valence-electron chi connectivity index (χ1n) is 11.1. The molecule has 0 unspecified atom stereocenters. The Balaban J connectivity index is 1.44. The highest BCUT2D eigenvalue weighted by Gasteiger charge is 2.39. The first-order valence-corrected chi connectivity index (χ1v) is 12.0. The van der Waals surface area contributed by atoms with Crippen LogP contribution >= 0.6 is 11.3 Å². The molecule has 0 saturated carbocycles. The van der Waals surface area contributed by atoms with Gasteiger partial charge in [-0.2, -0.15) is 5.10 Å². The van der Waals surface area contributed by atoms with E-state index in [2.05, 4.69) is 101 Å². The lowest BCUT2D eigenvalue weighted by atomic mass is 9.79. The summed E-state index contributed by atoms with van der Waals surface area (Å²) in [6, 6.07) is 11.1. The van der Waals surface area contributed by atoms with Crippen LogP contribution < -0.4 is 10.2 Å². The molecule has 1 aliphatic rings. The number of anilines is 1. The van der Waals surface area contributed by atoms with Crippen LogP contribution in [0.5, 0.6) is 0 Å². The van der Waals surface area contributed by atoms with Crippen molar-refractivity contribution in [1.82, 2.24) is 25.7 Å². The molecular formula is C25H30N6S. The van der Waals surface area contributed by atoms with Crippen molar-refractivity contribution in [3.8, 4) is 22.4 Å². The van der Waals surface area contributed by atoms with Gasteiger partial charge in [0.1, 0.15) is 0 Å². The Morgan fingerprint density at radius 3 is 2.38 bits per heavy atom. The quantitative estimate of drug-likeness (QED) is 0.434. The summed E-state index contributed by atoms with van der Waals surface area (Å²) in [5.41, 5.74) is 4.48. The van der Waals surface area contributed by atoms with Crippen molar-refractivity contribution in [3.63, 3.8) is 0 Å². The molecule has 0 bridgehead atoms. The molecule has 1 aromatic carbocycles. The minimum absolute atomic E-state index is 0.0928. The minimum atomic E-state index is 0.0928. The van der Waals surface area contributed by atoms with Crippen molar-refractivity contribution in [3.05, 3.63) is 48.1 Å². The molecule has 7 heteroatoms. The number of hydrogen-bond donors (Lipinski definition) is 2. The third-order valence-electron chi connectivity index (χ3n) is 6.43. The number of hydrogen-bond acceptors (Lipinski definition) is 6. The molecule has 0 spiro atoms. The van der Waals surface area contributed by atoms with Gasteiger partial charge in [-0.15, -0.1) is 21.5 Å². The molecule has 166 valence electrons. The van der Waals surface area contributed by atoms with Crippen molar-refractivity contribution < 1.29 is 0 Å². The molecule has 4 heterocycles. The first kappa shape index (κ1) is 21.1. The molecule has 3 aromatic heterocycles. The van der Waals surface area contributed by atoms with Gasteiger partial charge in [0.25, 0.3) is 0 Å². The van der Waals surface area contributed by atoms with Crippen molar-refractivity contribution in [1.29, 1.82) is 0 Å². The van der Waals surface area contributed by atoms with Gasteiger partial charge in [0.2, 0.25) is 0 Å². The zero-order chi connectivity index (χ0) is 22.5. The number of aromatic amines is 1. The second-order valence-electron chi connectivity index (χ2n) is 10.2. The van der Waals surface area contributed by atoms with E-state index in [-0.39, 0.29) is 11.1 Å². The van der Waals surface area contributed by atoms with Gasteiger partial charge in [-0.25, -0.2) is 0 Å². The average Bonchev–Trinajstić information content (AvgIpc) is 3.43. The molecule has 0 radical (unpaired) electrons. The van der Waals surface area contributed by atoms with Crippen molar-refractivity contribution >= 4 is 27.2 Å². The van der Waals surface area contributed by atoms with Gasteiger partial charge in [0.15, 0.2) is 5.82 Å². The normalized spacial score (nSPS) is 18.2. The molecular weight excluding hydrogens is 416 g/mol. The fourth-order valence-electron chi connectivity index (χ4n) is 5.30. The van der Waals surface area contributed by atoms with Crippen LogP contribution in [0, 0.1) is 0 Å². The third-order valence-corrected chi connectivity index (χ3v) is 7.38. The Kier molecular flexibility index (Phi) is 5.06. The molecule has 0 aliphatic carbocycles. The lowest BCUT2D eigenvalue weighted by Crippen LogP contribution is -2.62. The van der Waals surface area contributed by atoms with E-state index in [1.807, 2.05) is 12.4 Å². The van der Waals surface area contributed by atoms with Crippen LogP contribution in [-0.2, 0) is 0 Å². The number of rotatable bonds is 4. The number of H-pyrrole nitrogens is 1. The van der Waals surface area contributed by atoms with Crippen molar-refractivity contribution in [2.45, 2.75) is 57.7 Å². The summed E-state index contributed by atoms with van der Waals surface area (Å²) in [6.07, 6.45) is 5.93. The molecule has 1 fully saturated rings. The predicted molar refractivity (Wildman–Crippen MR) is 133 cm³/mol. The zero-order valence-electron chi connectivity index (χ0n) is 19.3. The molecule has 6 nitrogen and oxygen atoms in total. The monoisotopic (exact) mass is 446 g/mol. The minimum Gasteiger partial charge on any atom is -0.355 e.